The predicted molar refractivity (Wildman–Crippen MR) is 102 cm³/mol. The van der Waals surface area contributed by atoms with E-state index in [0.717, 1.165) is 25.7 Å². The molecule has 25 heavy (non-hydrogen) atoms. The standard InChI is InChI=1S/C21H38O4/c1-4-6-8-10-11-12-15-19(3)25-21(23)17-14-16-20(22)24-18-13-9-7-5-2/h5,7,19H,4,6,8-18H2,1-3H3/b7-5+. The highest BCUT2D eigenvalue weighted by atomic mass is 16.5. The van der Waals surface area contributed by atoms with E-state index in [4.69, 9.17) is 9.47 Å². The van der Waals surface area contributed by atoms with Crippen LogP contribution in [-0.2, 0) is 19.1 Å². The van der Waals surface area contributed by atoms with Crippen LogP contribution < -0.4 is 0 Å². The molecule has 0 rings (SSSR count). The third-order valence-electron chi connectivity index (χ3n) is 4.07. The molecule has 4 heteroatoms. The lowest BCUT2D eigenvalue weighted by Gasteiger charge is -2.13. The summed E-state index contributed by atoms with van der Waals surface area (Å²) in [7, 11) is 0. The molecule has 0 aliphatic rings. The van der Waals surface area contributed by atoms with Gasteiger partial charge < -0.3 is 9.47 Å². The number of ether oxygens (including phenoxy) is 2. The average molecular weight is 355 g/mol. The molecule has 0 radical (unpaired) electrons. The summed E-state index contributed by atoms with van der Waals surface area (Å²) in [5.74, 6) is -0.437. The Morgan fingerprint density at radius 2 is 1.60 bits per heavy atom. The summed E-state index contributed by atoms with van der Waals surface area (Å²) in [4.78, 5) is 23.3. The second-order valence-corrected chi connectivity index (χ2v) is 6.64. The molecule has 4 nitrogen and oxygen atoms in total. The first-order chi connectivity index (χ1) is 12.1. The maximum atomic E-state index is 11.8. The van der Waals surface area contributed by atoms with Gasteiger partial charge in [0.15, 0.2) is 0 Å². The number of carbonyl (C=O) groups excluding carboxylic acids is 2. The van der Waals surface area contributed by atoms with Crippen LogP contribution in [0.25, 0.3) is 0 Å². The number of unbranched alkanes of at least 4 members (excludes halogenated alkanes) is 6. The summed E-state index contributed by atoms with van der Waals surface area (Å²) in [6.45, 7) is 6.58. The third-order valence-corrected chi connectivity index (χ3v) is 4.07. The molecule has 0 N–H and O–H groups in total. The fourth-order valence-corrected chi connectivity index (χ4v) is 2.56. The summed E-state index contributed by atoms with van der Waals surface area (Å²) in [5.41, 5.74) is 0. The van der Waals surface area contributed by atoms with E-state index in [1.165, 1.54) is 32.1 Å². The van der Waals surface area contributed by atoms with Crippen molar-refractivity contribution in [1.82, 2.24) is 0 Å². The van der Waals surface area contributed by atoms with Gasteiger partial charge in [-0.15, -0.1) is 0 Å². The zero-order valence-corrected chi connectivity index (χ0v) is 16.6. The Morgan fingerprint density at radius 3 is 2.32 bits per heavy atom. The highest BCUT2D eigenvalue weighted by Gasteiger charge is 2.11. The van der Waals surface area contributed by atoms with Crippen molar-refractivity contribution < 1.29 is 19.1 Å². The molecule has 0 aromatic rings. The Bertz CT molecular complexity index is 363. The van der Waals surface area contributed by atoms with E-state index in [1.54, 1.807) is 0 Å². The van der Waals surface area contributed by atoms with Crippen molar-refractivity contribution in [2.24, 2.45) is 0 Å². The first-order valence-corrected chi connectivity index (χ1v) is 10.1. The normalized spacial score (nSPS) is 12.3. The van der Waals surface area contributed by atoms with Gasteiger partial charge in [0, 0.05) is 12.8 Å². The van der Waals surface area contributed by atoms with Crippen LogP contribution in [-0.4, -0.2) is 24.6 Å². The smallest absolute Gasteiger partial charge is 0.306 e. The second-order valence-electron chi connectivity index (χ2n) is 6.64. The highest BCUT2D eigenvalue weighted by Crippen LogP contribution is 2.11. The summed E-state index contributed by atoms with van der Waals surface area (Å²) < 4.78 is 10.5. The predicted octanol–water partition coefficient (Wildman–Crippen LogP) is 5.74. The largest absolute Gasteiger partial charge is 0.466 e. The molecule has 0 heterocycles. The highest BCUT2D eigenvalue weighted by molar-refractivity contribution is 5.72. The molecule has 0 aliphatic heterocycles. The van der Waals surface area contributed by atoms with Crippen molar-refractivity contribution in [3.63, 3.8) is 0 Å². The van der Waals surface area contributed by atoms with E-state index in [1.807, 2.05) is 19.9 Å². The van der Waals surface area contributed by atoms with Crippen LogP contribution >= 0.6 is 0 Å². The van der Waals surface area contributed by atoms with Crippen LogP contribution in [0.4, 0.5) is 0 Å². The number of allylic oxidation sites excluding steroid dienone is 2. The topological polar surface area (TPSA) is 52.6 Å². The molecule has 1 atom stereocenters. The minimum atomic E-state index is -0.228. The maximum Gasteiger partial charge on any atom is 0.306 e. The molecule has 0 amide bonds. The lowest BCUT2D eigenvalue weighted by molar-refractivity contribution is -0.149. The molecule has 146 valence electrons. The maximum absolute atomic E-state index is 11.8. The van der Waals surface area contributed by atoms with Gasteiger partial charge >= 0.3 is 11.9 Å². The molecular formula is C21H38O4. The van der Waals surface area contributed by atoms with Gasteiger partial charge in [0.05, 0.1) is 12.7 Å². The van der Waals surface area contributed by atoms with Crippen LogP contribution in [0, 0.1) is 0 Å². The van der Waals surface area contributed by atoms with Crippen molar-refractivity contribution in [2.75, 3.05) is 6.61 Å². The Kier molecular flexibility index (Phi) is 16.6. The summed E-state index contributed by atoms with van der Waals surface area (Å²) in [6.07, 6.45) is 15.2. The summed E-state index contributed by atoms with van der Waals surface area (Å²) in [6, 6.07) is 0. The van der Waals surface area contributed by atoms with E-state index in [2.05, 4.69) is 13.0 Å². The van der Waals surface area contributed by atoms with Crippen LogP contribution in [0.15, 0.2) is 12.2 Å². The molecule has 1 unspecified atom stereocenters. The first kappa shape index (κ1) is 23.7. The molecule has 0 fully saturated rings. The quantitative estimate of drug-likeness (QED) is 0.201. The van der Waals surface area contributed by atoms with Gasteiger partial charge in [0.25, 0.3) is 0 Å². The van der Waals surface area contributed by atoms with Crippen LogP contribution in [0.3, 0.4) is 0 Å². The molecular weight excluding hydrogens is 316 g/mol. The van der Waals surface area contributed by atoms with Crippen molar-refractivity contribution in [2.45, 2.75) is 104 Å². The molecule has 0 saturated carbocycles. The molecule has 0 spiro atoms. The summed E-state index contributed by atoms with van der Waals surface area (Å²) in [5, 5.41) is 0. The minimum Gasteiger partial charge on any atom is -0.466 e. The Balaban J connectivity index is 3.53. The Labute approximate surface area is 154 Å². The Morgan fingerprint density at radius 1 is 0.920 bits per heavy atom. The van der Waals surface area contributed by atoms with E-state index in [9.17, 15) is 9.59 Å². The summed E-state index contributed by atoms with van der Waals surface area (Å²) >= 11 is 0. The number of carbonyl (C=O) groups is 2. The lowest BCUT2D eigenvalue weighted by atomic mass is 10.1. The molecule has 0 saturated heterocycles. The number of rotatable bonds is 16. The third kappa shape index (κ3) is 17.3. The van der Waals surface area contributed by atoms with Gasteiger partial charge in [-0.25, -0.2) is 0 Å². The van der Waals surface area contributed by atoms with Crippen molar-refractivity contribution in [1.29, 1.82) is 0 Å². The number of esters is 2. The lowest BCUT2D eigenvalue weighted by Crippen LogP contribution is -2.15. The van der Waals surface area contributed by atoms with Gasteiger partial charge in [-0.1, -0.05) is 51.2 Å². The van der Waals surface area contributed by atoms with Gasteiger partial charge in [-0.2, -0.15) is 0 Å². The van der Waals surface area contributed by atoms with Crippen LogP contribution in [0.5, 0.6) is 0 Å². The molecule has 0 aromatic carbocycles. The molecule has 0 bridgehead atoms. The van der Waals surface area contributed by atoms with Crippen molar-refractivity contribution in [3.05, 3.63) is 12.2 Å². The fraction of sp³-hybridized carbons (Fsp3) is 0.810. The van der Waals surface area contributed by atoms with E-state index in [-0.39, 0.29) is 30.9 Å². The molecule has 0 aromatic heterocycles. The number of hydrogen-bond donors (Lipinski definition) is 0. The first-order valence-electron chi connectivity index (χ1n) is 10.1. The zero-order chi connectivity index (χ0) is 18.8. The fourth-order valence-electron chi connectivity index (χ4n) is 2.56. The van der Waals surface area contributed by atoms with Crippen molar-refractivity contribution >= 4 is 11.9 Å². The van der Waals surface area contributed by atoms with Gasteiger partial charge in [0.2, 0.25) is 0 Å². The zero-order valence-electron chi connectivity index (χ0n) is 16.6. The van der Waals surface area contributed by atoms with Crippen LogP contribution in [0.1, 0.15) is 97.8 Å². The van der Waals surface area contributed by atoms with E-state index < -0.39 is 0 Å². The molecule has 0 aliphatic carbocycles. The monoisotopic (exact) mass is 354 g/mol. The number of hydrogen-bond acceptors (Lipinski definition) is 4. The van der Waals surface area contributed by atoms with Crippen molar-refractivity contribution in [3.8, 4) is 0 Å². The Hall–Kier alpha value is -1.32. The SMILES string of the molecule is C/C=C/CCCOC(=O)CCCC(=O)OC(C)CCCCCCCC. The minimum absolute atomic E-state index is 0.0303. The van der Waals surface area contributed by atoms with Gasteiger partial charge in [-0.3, -0.25) is 9.59 Å². The van der Waals surface area contributed by atoms with Gasteiger partial charge in [0.1, 0.15) is 0 Å². The van der Waals surface area contributed by atoms with E-state index in [0.29, 0.717) is 13.0 Å². The van der Waals surface area contributed by atoms with Crippen LogP contribution in [0.2, 0.25) is 0 Å². The van der Waals surface area contributed by atoms with Gasteiger partial charge in [-0.05, 0) is 46.0 Å². The van der Waals surface area contributed by atoms with E-state index >= 15 is 0 Å². The second kappa shape index (κ2) is 17.5. The average Bonchev–Trinajstić information content (AvgIpc) is 2.57.